The molecule has 0 aromatic carbocycles. The van der Waals surface area contributed by atoms with E-state index in [9.17, 15) is 15.0 Å². The van der Waals surface area contributed by atoms with Crippen molar-refractivity contribution < 1.29 is 15.0 Å². The second kappa shape index (κ2) is 57.9. The van der Waals surface area contributed by atoms with E-state index in [4.69, 9.17) is 0 Å². The Bertz CT molecular complexity index is 1010. The SMILES string of the molecule is CCCCCCCCCC/C=C/CC/C=C/CC/C=C/C(O)C(CO)NC(=O)CCCCCCCCCCCCCCCCCCCCCCCCCCCCCCCCCCCCCC. The Balaban J connectivity index is 3.42. The summed E-state index contributed by atoms with van der Waals surface area (Å²) >= 11 is 0. The molecular weight excluding hydrogens is 807 g/mol. The molecule has 0 rings (SSSR count). The summed E-state index contributed by atoms with van der Waals surface area (Å²) in [5.74, 6) is -0.0718. The van der Waals surface area contributed by atoms with Gasteiger partial charge in [-0.15, -0.1) is 0 Å². The molecule has 0 bridgehead atoms. The van der Waals surface area contributed by atoms with Crippen LogP contribution in [-0.4, -0.2) is 34.9 Å². The van der Waals surface area contributed by atoms with E-state index in [0.29, 0.717) is 6.42 Å². The lowest BCUT2D eigenvalue weighted by atomic mass is 10.0. The highest BCUT2D eigenvalue weighted by Gasteiger charge is 2.18. The minimum absolute atomic E-state index is 0.0718. The van der Waals surface area contributed by atoms with E-state index in [-0.39, 0.29) is 12.5 Å². The molecule has 390 valence electrons. The first-order valence-corrected chi connectivity index (χ1v) is 30.2. The van der Waals surface area contributed by atoms with Crippen LogP contribution in [0.1, 0.15) is 335 Å². The first-order chi connectivity index (χ1) is 32.7. The van der Waals surface area contributed by atoms with E-state index in [1.54, 1.807) is 6.08 Å². The van der Waals surface area contributed by atoms with E-state index >= 15 is 0 Å². The van der Waals surface area contributed by atoms with Gasteiger partial charge < -0.3 is 15.5 Å². The van der Waals surface area contributed by atoms with Crippen LogP contribution in [0.25, 0.3) is 0 Å². The van der Waals surface area contributed by atoms with Crippen LogP contribution in [-0.2, 0) is 4.79 Å². The smallest absolute Gasteiger partial charge is 0.220 e. The van der Waals surface area contributed by atoms with E-state index in [1.165, 1.54) is 276 Å². The summed E-state index contributed by atoms with van der Waals surface area (Å²) in [5.41, 5.74) is 0. The fourth-order valence-corrected chi connectivity index (χ4v) is 9.51. The van der Waals surface area contributed by atoms with E-state index in [0.717, 1.165) is 38.5 Å². The molecule has 0 radical (unpaired) electrons. The van der Waals surface area contributed by atoms with Gasteiger partial charge in [0.05, 0.1) is 18.8 Å². The Kier molecular flexibility index (Phi) is 56.7. The van der Waals surface area contributed by atoms with Gasteiger partial charge in [-0.25, -0.2) is 0 Å². The molecular formula is C62H119NO3. The number of unbranched alkanes of at least 4 members (excludes halogenated alkanes) is 45. The van der Waals surface area contributed by atoms with Gasteiger partial charge in [0.1, 0.15) is 0 Å². The zero-order valence-electron chi connectivity index (χ0n) is 45.0. The normalized spacial score (nSPS) is 13.0. The number of nitrogens with one attached hydrogen (secondary N) is 1. The van der Waals surface area contributed by atoms with E-state index in [1.807, 2.05) is 6.08 Å². The highest BCUT2D eigenvalue weighted by molar-refractivity contribution is 5.76. The van der Waals surface area contributed by atoms with Crippen molar-refractivity contribution in [1.29, 1.82) is 0 Å². The minimum atomic E-state index is -0.869. The Morgan fingerprint density at radius 2 is 0.591 bits per heavy atom. The van der Waals surface area contributed by atoms with Gasteiger partial charge in [-0.05, 0) is 44.9 Å². The van der Waals surface area contributed by atoms with Crippen LogP contribution in [0.5, 0.6) is 0 Å². The molecule has 2 atom stereocenters. The van der Waals surface area contributed by atoms with Gasteiger partial charge >= 0.3 is 0 Å². The standard InChI is InChI=1S/C62H119NO3/c1-3-5-7-9-11-13-15-17-19-21-23-24-25-26-27-28-29-30-31-32-33-34-35-36-37-38-39-40-42-44-46-48-50-52-54-56-58-62(66)63-60(59-64)61(65)57-55-53-51-49-47-45-43-41-22-20-18-16-14-12-10-8-6-4-2/h22,41,47,49,55,57,60-61,64-65H,3-21,23-40,42-46,48,50-54,56,58-59H2,1-2H3,(H,63,66)/b41-22+,49-47+,57-55+. The van der Waals surface area contributed by atoms with Crippen molar-refractivity contribution in [2.45, 2.75) is 347 Å². The van der Waals surface area contributed by atoms with E-state index < -0.39 is 12.1 Å². The van der Waals surface area contributed by atoms with Crippen LogP contribution < -0.4 is 5.32 Å². The number of rotatable bonds is 56. The highest BCUT2D eigenvalue weighted by Crippen LogP contribution is 2.18. The molecule has 66 heavy (non-hydrogen) atoms. The van der Waals surface area contributed by atoms with Gasteiger partial charge in [-0.2, -0.15) is 0 Å². The summed E-state index contributed by atoms with van der Waals surface area (Å²) < 4.78 is 0. The molecule has 0 aliphatic carbocycles. The number of hydrogen-bond acceptors (Lipinski definition) is 3. The summed E-state index contributed by atoms with van der Waals surface area (Å²) in [4.78, 5) is 12.5. The van der Waals surface area contributed by atoms with Crippen LogP contribution in [0.2, 0.25) is 0 Å². The van der Waals surface area contributed by atoms with Crippen molar-refractivity contribution in [2.75, 3.05) is 6.61 Å². The maximum absolute atomic E-state index is 12.5. The predicted octanol–water partition coefficient (Wildman–Crippen LogP) is 20.0. The summed E-state index contributed by atoms with van der Waals surface area (Å²) in [6.45, 7) is 4.32. The first kappa shape index (κ1) is 64.6. The molecule has 0 aromatic rings. The fourth-order valence-electron chi connectivity index (χ4n) is 9.51. The van der Waals surface area contributed by atoms with Gasteiger partial charge in [-0.3, -0.25) is 4.79 Å². The monoisotopic (exact) mass is 926 g/mol. The Morgan fingerprint density at radius 3 is 0.879 bits per heavy atom. The molecule has 0 fully saturated rings. The second-order valence-corrected chi connectivity index (χ2v) is 20.8. The average molecular weight is 927 g/mol. The number of aliphatic hydroxyl groups excluding tert-OH is 2. The van der Waals surface area contributed by atoms with Gasteiger partial charge in [0.15, 0.2) is 0 Å². The summed E-state index contributed by atoms with van der Waals surface area (Å²) in [6, 6.07) is -0.644. The maximum atomic E-state index is 12.5. The van der Waals surface area contributed by atoms with Crippen molar-refractivity contribution in [3.63, 3.8) is 0 Å². The zero-order chi connectivity index (χ0) is 47.7. The van der Waals surface area contributed by atoms with Crippen LogP contribution >= 0.6 is 0 Å². The molecule has 4 nitrogen and oxygen atoms in total. The summed E-state index contributed by atoms with van der Waals surface area (Å²) in [7, 11) is 0. The molecule has 0 saturated heterocycles. The van der Waals surface area contributed by atoms with Gasteiger partial charge in [0.2, 0.25) is 5.91 Å². The molecule has 4 heteroatoms. The van der Waals surface area contributed by atoms with E-state index in [2.05, 4.69) is 43.5 Å². The lowest BCUT2D eigenvalue weighted by Crippen LogP contribution is -2.45. The third-order valence-electron chi connectivity index (χ3n) is 14.1. The Labute approximate surface area is 414 Å². The lowest BCUT2D eigenvalue weighted by Gasteiger charge is -2.19. The predicted molar refractivity (Wildman–Crippen MR) is 295 cm³/mol. The largest absolute Gasteiger partial charge is 0.394 e. The minimum Gasteiger partial charge on any atom is -0.394 e. The lowest BCUT2D eigenvalue weighted by molar-refractivity contribution is -0.123. The van der Waals surface area contributed by atoms with Gasteiger partial charge in [0.25, 0.3) is 0 Å². The van der Waals surface area contributed by atoms with Crippen LogP contribution in [0, 0.1) is 0 Å². The van der Waals surface area contributed by atoms with Crippen LogP contribution in [0.3, 0.4) is 0 Å². The maximum Gasteiger partial charge on any atom is 0.220 e. The van der Waals surface area contributed by atoms with Crippen LogP contribution in [0.4, 0.5) is 0 Å². The van der Waals surface area contributed by atoms with Gasteiger partial charge in [-0.1, -0.05) is 320 Å². The molecule has 2 unspecified atom stereocenters. The highest BCUT2D eigenvalue weighted by atomic mass is 16.3. The Hall–Kier alpha value is -1.39. The molecule has 0 aliphatic heterocycles. The molecule has 0 heterocycles. The molecule has 0 aliphatic rings. The fraction of sp³-hybridized carbons (Fsp3) is 0.887. The molecule has 1 amide bonds. The van der Waals surface area contributed by atoms with Crippen molar-refractivity contribution in [1.82, 2.24) is 5.32 Å². The zero-order valence-corrected chi connectivity index (χ0v) is 45.0. The molecule has 0 spiro atoms. The number of hydrogen-bond donors (Lipinski definition) is 3. The summed E-state index contributed by atoms with van der Waals surface area (Å²) in [6.07, 6.45) is 79.1. The number of carbonyl (C=O) groups excluding carboxylic acids is 1. The number of carbonyl (C=O) groups is 1. The van der Waals surface area contributed by atoms with Crippen LogP contribution in [0.15, 0.2) is 36.5 Å². The number of aliphatic hydroxyl groups is 2. The second-order valence-electron chi connectivity index (χ2n) is 20.8. The third kappa shape index (κ3) is 53.6. The van der Waals surface area contributed by atoms with Crippen molar-refractivity contribution in [3.8, 4) is 0 Å². The average Bonchev–Trinajstić information content (AvgIpc) is 3.32. The van der Waals surface area contributed by atoms with Crippen molar-refractivity contribution in [2.24, 2.45) is 0 Å². The molecule has 3 N–H and O–H groups in total. The van der Waals surface area contributed by atoms with Gasteiger partial charge in [0, 0.05) is 6.42 Å². The molecule has 0 aromatic heterocycles. The number of allylic oxidation sites excluding steroid dienone is 5. The van der Waals surface area contributed by atoms with Crippen molar-refractivity contribution in [3.05, 3.63) is 36.5 Å². The molecule has 0 saturated carbocycles. The summed E-state index contributed by atoms with van der Waals surface area (Å²) in [5, 5.41) is 23.1. The Morgan fingerprint density at radius 1 is 0.348 bits per heavy atom. The third-order valence-corrected chi connectivity index (χ3v) is 14.1. The quantitative estimate of drug-likeness (QED) is 0.0420. The van der Waals surface area contributed by atoms with Crippen molar-refractivity contribution >= 4 is 5.91 Å². The topological polar surface area (TPSA) is 69.6 Å². The number of amides is 1. The first-order valence-electron chi connectivity index (χ1n) is 30.2.